The predicted octanol–water partition coefficient (Wildman–Crippen LogP) is 2.48. The van der Waals surface area contributed by atoms with Crippen LogP contribution >= 0.6 is 0 Å². The van der Waals surface area contributed by atoms with E-state index in [9.17, 15) is 0 Å². The predicted molar refractivity (Wildman–Crippen MR) is 59.3 cm³/mol. The Morgan fingerprint density at radius 2 is 1.87 bits per heavy atom. The minimum absolute atomic E-state index is 0.0321. The first-order valence-electron chi connectivity index (χ1n) is 5.20. The molecule has 0 amide bonds. The van der Waals surface area contributed by atoms with E-state index < -0.39 is 5.79 Å². The quantitative estimate of drug-likeness (QED) is 0.719. The summed E-state index contributed by atoms with van der Waals surface area (Å²) in [5.41, 5.74) is 7.69. The maximum Gasteiger partial charge on any atom is 0.164 e. The lowest BCUT2D eigenvalue weighted by Crippen LogP contribution is -2.20. The molecule has 1 fully saturated rings. The van der Waals surface area contributed by atoms with Gasteiger partial charge >= 0.3 is 0 Å². The molecule has 3 heteroatoms. The van der Waals surface area contributed by atoms with Gasteiger partial charge in [-0.05, 0) is 26.8 Å². The van der Waals surface area contributed by atoms with Gasteiger partial charge in [-0.2, -0.15) is 0 Å². The fourth-order valence-electron chi connectivity index (χ4n) is 2.03. The first-order valence-corrected chi connectivity index (χ1v) is 5.20. The molecule has 1 aromatic carbocycles. The second kappa shape index (κ2) is 3.51. The van der Waals surface area contributed by atoms with E-state index in [1.165, 1.54) is 0 Å². The second-order valence-electron chi connectivity index (χ2n) is 4.39. The molecule has 0 aliphatic carbocycles. The van der Waals surface area contributed by atoms with Crippen LogP contribution in [0.4, 0.5) is 5.69 Å². The lowest BCUT2D eigenvalue weighted by molar-refractivity contribution is -0.145. The molecule has 15 heavy (non-hydrogen) atoms. The normalized spacial score (nSPS) is 29.3. The molecule has 1 aliphatic heterocycles. The van der Waals surface area contributed by atoms with Crippen molar-refractivity contribution in [1.82, 2.24) is 0 Å². The number of nitrogen functional groups attached to an aromatic ring is 1. The molecule has 0 aromatic heterocycles. The molecular formula is C12H17NO2. The third-order valence-corrected chi connectivity index (χ3v) is 2.61. The minimum Gasteiger partial charge on any atom is -0.398 e. The number of hydrogen-bond acceptors (Lipinski definition) is 3. The monoisotopic (exact) mass is 207 g/mol. The maximum atomic E-state index is 5.92. The van der Waals surface area contributed by atoms with Gasteiger partial charge in [0, 0.05) is 11.3 Å². The van der Waals surface area contributed by atoms with Crippen LogP contribution < -0.4 is 5.73 Å². The van der Waals surface area contributed by atoms with Gasteiger partial charge in [0.2, 0.25) is 0 Å². The van der Waals surface area contributed by atoms with E-state index >= 15 is 0 Å². The zero-order chi connectivity index (χ0) is 11.1. The van der Waals surface area contributed by atoms with Crippen LogP contribution in [0.2, 0.25) is 0 Å². The van der Waals surface area contributed by atoms with E-state index in [2.05, 4.69) is 0 Å². The summed E-state index contributed by atoms with van der Waals surface area (Å²) in [5.74, 6) is -0.521. The minimum atomic E-state index is -0.521. The average molecular weight is 207 g/mol. The van der Waals surface area contributed by atoms with Crippen molar-refractivity contribution < 1.29 is 9.47 Å². The topological polar surface area (TPSA) is 44.5 Å². The summed E-state index contributed by atoms with van der Waals surface area (Å²) < 4.78 is 11.5. The van der Waals surface area contributed by atoms with Crippen molar-refractivity contribution in [3.63, 3.8) is 0 Å². The van der Waals surface area contributed by atoms with Crippen LogP contribution in [0.25, 0.3) is 0 Å². The first-order chi connectivity index (χ1) is 6.99. The second-order valence-corrected chi connectivity index (χ2v) is 4.39. The number of para-hydroxylation sites is 1. The Morgan fingerprint density at radius 3 is 2.40 bits per heavy atom. The molecule has 3 nitrogen and oxygen atoms in total. The Labute approximate surface area is 90.2 Å². The molecule has 1 heterocycles. The Balaban J connectivity index is 2.29. The van der Waals surface area contributed by atoms with Gasteiger partial charge in [-0.1, -0.05) is 18.2 Å². The standard InChI is InChI=1S/C12H17NO2/c1-8-11(15-12(2,3)14-8)9-6-4-5-7-10(9)13/h4-8,11H,13H2,1-3H3/t8-,11+/m1/s1. The Bertz CT molecular complexity index is 362. The molecule has 1 saturated heterocycles. The number of benzene rings is 1. The summed E-state index contributed by atoms with van der Waals surface area (Å²) in [5, 5.41) is 0. The number of hydrogen-bond donors (Lipinski definition) is 1. The van der Waals surface area contributed by atoms with Crippen molar-refractivity contribution >= 4 is 5.69 Å². The molecule has 82 valence electrons. The van der Waals surface area contributed by atoms with Crippen molar-refractivity contribution in [2.75, 3.05) is 5.73 Å². The Morgan fingerprint density at radius 1 is 1.20 bits per heavy atom. The maximum absolute atomic E-state index is 5.92. The van der Waals surface area contributed by atoms with Crippen molar-refractivity contribution in [3.05, 3.63) is 29.8 Å². The molecule has 2 atom stereocenters. The van der Waals surface area contributed by atoms with Gasteiger partial charge in [0.15, 0.2) is 5.79 Å². The van der Waals surface area contributed by atoms with Gasteiger partial charge < -0.3 is 15.2 Å². The van der Waals surface area contributed by atoms with Crippen LogP contribution in [-0.2, 0) is 9.47 Å². The average Bonchev–Trinajstić information content (AvgIpc) is 2.40. The molecule has 0 radical (unpaired) electrons. The molecule has 2 rings (SSSR count). The largest absolute Gasteiger partial charge is 0.398 e. The zero-order valence-corrected chi connectivity index (χ0v) is 9.36. The highest BCUT2D eigenvalue weighted by Crippen LogP contribution is 2.39. The molecule has 1 aliphatic rings. The van der Waals surface area contributed by atoms with Gasteiger partial charge in [-0.3, -0.25) is 0 Å². The highest BCUT2D eigenvalue weighted by atomic mass is 16.7. The number of nitrogens with two attached hydrogens (primary N) is 1. The molecule has 0 unspecified atom stereocenters. The molecule has 0 saturated carbocycles. The fourth-order valence-corrected chi connectivity index (χ4v) is 2.03. The van der Waals surface area contributed by atoms with Crippen LogP contribution in [0.3, 0.4) is 0 Å². The Hall–Kier alpha value is -1.06. The van der Waals surface area contributed by atoms with Crippen LogP contribution in [0.1, 0.15) is 32.4 Å². The Kier molecular flexibility index (Phi) is 2.44. The SMILES string of the molecule is C[C@H]1OC(C)(C)O[C@@H]1c1ccccc1N. The van der Waals surface area contributed by atoms with E-state index in [0.717, 1.165) is 11.3 Å². The molecule has 2 N–H and O–H groups in total. The number of rotatable bonds is 1. The van der Waals surface area contributed by atoms with Gasteiger partial charge in [0.1, 0.15) is 6.10 Å². The summed E-state index contributed by atoms with van der Waals surface area (Å²) in [6.45, 7) is 5.84. The fraction of sp³-hybridized carbons (Fsp3) is 0.500. The summed E-state index contributed by atoms with van der Waals surface area (Å²) in [6, 6.07) is 7.76. The van der Waals surface area contributed by atoms with Crippen molar-refractivity contribution in [3.8, 4) is 0 Å². The van der Waals surface area contributed by atoms with E-state index in [1.54, 1.807) is 0 Å². The van der Waals surface area contributed by atoms with Crippen LogP contribution in [0.5, 0.6) is 0 Å². The first kappa shape index (κ1) is 10.5. The van der Waals surface area contributed by atoms with Crippen molar-refractivity contribution in [2.24, 2.45) is 0 Å². The molecular weight excluding hydrogens is 190 g/mol. The summed E-state index contributed by atoms with van der Waals surface area (Å²) in [7, 11) is 0. The smallest absolute Gasteiger partial charge is 0.164 e. The lowest BCUT2D eigenvalue weighted by Gasteiger charge is -2.17. The van der Waals surface area contributed by atoms with E-state index in [0.29, 0.717) is 0 Å². The third-order valence-electron chi connectivity index (χ3n) is 2.61. The number of ether oxygens (including phenoxy) is 2. The van der Waals surface area contributed by atoms with Crippen molar-refractivity contribution in [2.45, 2.75) is 38.8 Å². The van der Waals surface area contributed by atoms with Gasteiger partial charge in [0.05, 0.1) is 6.10 Å². The van der Waals surface area contributed by atoms with Crippen LogP contribution in [0.15, 0.2) is 24.3 Å². The van der Waals surface area contributed by atoms with Crippen LogP contribution in [0, 0.1) is 0 Å². The van der Waals surface area contributed by atoms with E-state index in [-0.39, 0.29) is 12.2 Å². The summed E-state index contributed by atoms with van der Waals surface area (Å²) in [4.78, 5) is 0. The van der Waals surface area contributed by atoms with E-state index in [1.807, 2.05) is 45.0 Å². The molecule has 0 spiro atoms. The highest BCUT2D eigenvalue weighted by molar-refractivity contribution is 5.48. The van der Waals surface area contributed by atoms with Gasteiger partial charge in [-0.25, -0.2) is 0 Å². The van der Waals surface area contributed by atoms with Crippen LogP contribution in [-0.4, -0.2) is 11.9 Å². The van der Waals surface area contributed by atoms with Gasteiger partial charge in [-0.15, -0.1) is 0 Å². The molecule has 1 aromatic rings. The van der Waals surface area contributed by atoms with Crippen molar-refractivity contribution in [1.29, 1.82) is 0 Å². The highest BCUT2D eigenvalue weighted by Gasteiger charge is 2.40. The van der Waals surface area contributed by atoms with E-state index in [4.69, 9.17) is 15.2 Å². The lowest BCUT2D eigenvalue weighted by atomic mass is 10.0. The van der Waals surface area contributed by atoms with Gasteiger partial charge in [0.25, 0.3) is 0 Å². The molecule has 0 bridgehead atoms. The summed E-state index contributed by atoms with van der Waals surface area (Å²) in [6.07, 6.45) is -0.0362. The summed E-state index contributed by atoms with van der Waals surface area (Å²) >= 11 is 0. The zero-order valence-electron chi connectivity index (χ0n) is 9.36. The third kappa shape index (κ3) is 1.98. The number of anilines is 1.